The average molecular weight is 398 g/mol. The van der Waals surface area contributed by atoms with E-state index in [1.165, 1.54) is 10.4 Å². The molecule has 2 aromatic rings. The lowest BCUT2D eigenvalue weighted by atomic mass is 9.97. The molecule has 1 aliphatic rings. The van der Waals surface area contributed by atoms with Crippen molar-refractivity contribution < 1.29 is 4.79 Å². The summed E-state index contributed by atoms with van der Waals surface area (Å²) in [6, 6.07) is 11.9. The van der Waals surface area contributed by atoms with Crippen LogP contribution in [0.1, 0.15) is 26.2 Å². The van der Waals surface area contributed by atoms with Crippen molar-refractivity contribution >= 4 is 17.3 Å². The van der Waals surface area contributed by atoms with Gasteiger partial charge >= 0.3 is 0 Å². The lowest BCUT2D eigenvalue weighted by Gasteiger charge is -2.33. The van der Waals surface area contributed by atoms with Gasteiger partial charge in [-0.1, -0.05) is 18.2 Å². The summed E-state index contributed by atoms with van der Waals surface area (Å²) in [4.78, 5) is 28.9. The minimum Gasteiger partial charge on any atom is -0.372 e. The Bertz CT molecular complexity index is 852. The van der Waals surface area contributed by atoms with E-state index in [4.69, 9.17) is 0 Å². The molecule has 1 aromatic heterocycles. The second-order valence-corrected chi connectivity index (χ2v) is 7.52. The molecule has 0 spiro atoms. The van der Waals surface area contributed by atoms with E-state index in [2.05, 4.69) is 39.3 Å². The average Bonchev–Trinajstić information content (AvgIpc) is 2.76. The van der Waals surface area contributed by atoms with Gasteiger partial charge in [-0.2, -0.15) is 5.10 Å². The van der Waals surface area contributed by atoms with Crippen LogP contribution in [0.5, 0.6) is 0 Å². The molecule has 1 unspecified atom stereocenters. The normalized spacial score (nSPS) is 16.5. The zero-order valence-corrected chi connectivity index (χ0v) is 17.4. The molecule has 2 heterocycles. The van der Waals surface area contributed by atoms with Crippen LogP contribution in [0.3, 0.4) is 0 Å². The van der Waals surface area contributed by atoms with E-state index in [0.717, 1.165) is 44.6 Å². The Balaban J connectivity index is 1.46. The largest absolute Gasteiger partial charge is 0.372 e. The maximum Gasteiger partial charge on any atom is 0.268 e. The van der Waals surface area contributed by atoms with Gasteiger partial charge in [-0.25, -0.2) is 4.68 Å². The number of amides is 1. The summed E-state index contributed by atoms with van der Waals surface area (Å²) in [7, 11) is 1.63. The molecular formula is C22H31N5O2. The Morgan fingerprint density at radius 1 is 1.31 bits per heavy atom. The van der Waals surface area contributed by atoms with Crippen molar-refractivity contribution in [1.82, 2.24) is 15.1 Å². The monoisotopic (exact) mass is 397 g/mol. The second-order valence-electron chi connectivity index (χ2n) is 7.52. The maximum atomic E-state index is 12.6. The molecule has 0 aliphatic carbocycles. The van der Waals surface area contributed by atoms with E-state index in [1.54, 1.807) is 19.3 Å². The van der Waals surface area contributed by atoms with Gasteiger partial charge in [0.1, 0.15) is 0 Å². The number of para-hydroxylation sites is 1. The Hall–Kier alpha value is -2.83. The van der Waals surface area contributed by atoms with Crippen molar-refractivity contribution in [3.8, 4) is 0 Å². The van der Waals surface area contributed by atoms with E-state index in [1.807, 2.05) is 18.2 Å². The lowest BCUT2D eigenvalue weighted by molar-refractivity contribution is -0.125. The molecule has 1 saturated heterocycles. The highest BCUT2D eigenvalue weighted by atomic mass is 16.2. The number of carbonyl (C=O) groups is 1. The number of piperidine rings is 1. The molecule has 1 atom stereocenters. The van der Waals surface area contributed by atoms with Gasteiger partial charge < -0.3 is 15.1 Å². The molecule has 7 heteroatoms. The zero-order valence-electron chi connectivity index (χ0n) is 17.4. The van der Waals surface area contributed by atoms with Gasteiger partial charge in [-0.05, 0) is 38.3 Å². The SMILES string of the molecule is CCN(CCCNC(=O)C1CCCN(c2cnn(C)c(=O)c2)C1)c1ccccc1. The Morgan fingerprint density at radius 2 is 2.10 bits per heavy atom. The van der Waals surface area contributed by atoms with Gasteiger partial charge in [-0.15, -0.1) is 0 Å². The van der Waals surface area contributed by atoms with Crippen LogP contribution in [0.4, 0.5) is 11.4 Å². The van der Waals surface area contributed by atoms with Crippen LogP contribution < -0.4 is 20.7 Å². The summed E-state index contributed by atoms with van der Waals surface area (Å²) in [5.41, 5.74) is 1.88. The Morgan fingerprint density at radius 3 is 2.83 bits per heavy atom. The topological polar surface area (TPSA) is 70.5 Å². The third-order valence-corrected chi connectivity index (χ3v) is 5.52. The quantitative estimate of drug-likeness (QED) is 0.690. The van der Waals surface area contributed by atoms with Crippen LogP contribution in [0.2, 0.25) is 0 Å². The van der Waals surface area contributed by atoms with E-state index < -0.39 is 0 Å². The summed E-state index contributed by atoms with van der Waals surface area (Å²) >= 11 is 0. The molecule has 3 rings (SSSR count). The highest BCUT2D eigenvalue weighted by Crippen LogP contribution is 2.21. The molecule has 0 saturated carbocycles. The van der Waals surface area contributed by atoms with E-state index in [9.17, 15) is 9.59 Å². The maximum absolute atomic E-state index is 12.6. The summed E-state index contributed by atoms with van der Waals surface area (Å²) in [5, 5.41) is 7.19. The van der Waals surface area contributed by atoms with Crippen molar-refractivity contribution in [2.24, 2.45) is 13.0 Å². The molecule has 1 fully saturated rings. The van der Waals surface area contributed by atoms with E-state index in [-0.39, 0.29) is 17.4 Å². The first-order chi connectivity index (χ1) is 14.1. The predicted molar refractivity (Wildman–Crippen MR) is 116 cm³/mol. The van der Waals surface area contributed by atoms with Crippen molar-refractivity contribution in [3.63, 3.8) is 0 Å². The molecule has 29 heavy (non-hydrogen) atoms. The van der Waals surface area contributed by atoms with Crippen molar-refractivity contribution in [1.29, 1.82) is 0 Å². The number of nitrogens with one attached hydrogen (secondary N) is 1. The summed E-state index contributed by atoms with van der Waals surface area (Å²) in [6.45, 7) is 6.16. The fourth-order valence-electron chi connectivity index (χ4n) is 3.79. The number of carbonyl (C=O) groups excluding carboxylic acids is 1. The molecule has 1 N–H and O–H groups in total. The number of nitrogens with zero attached hydrogens (tertiary/aromatic N) is 4. The van der Waals surface area contributed by atoms with Gasteiger partial charge in [0.2, 0.25) is 5.91 Å². The molecule has 156 valence electrons. The van der Waals surface area contributed by atoms with E-state index in [0.29, 0.717) is 13.1 Å². The van der Waals surface area contributed by atoms with E-state index >= 15 is 0 Å². The molecule has 7 nitrogen and oxygen atoms in total. The molecule has 1 amide bonds. The highest BCUT2D eigenvalue weighted by molar-refractivity contribution is 5.79. The van der Waals surface area contributed by atoms with Crippen LogP contribution in [0.15, 0.2) is 47.4 Å². The molecule has 1 aromatic carbocycles. The van der Waals surface area contributed by atoms with Gasteiger partial charge in [-0.3, -0.25) is 9.59 Å². The molecule has 0 bridgehead atoms. The van der Waals surface area contributed by atoms with Crippen LogP contribution in [0, 0.1) is 5.92 Å². The molecule has 1 aliphatic heterocycles. The smallest absolute Gasteiger partial charge is 0.268 e. The summed E-state index contributed by atoms with van der Waals surface area (Å²) in [6.07, 6.45) is 4.42. The number of rotatable bonds is 8. The number of aromatic nitrogens is 2. The van der Waals surface area contributed by atoms with Crippen LogP contribution in [-0.4, -0.2) is 48.4 Å². The fraction of sp³-hybridized carbons (Fsp3) is 0.500. The Labute approximate surface area is 172 Å². The minimum absolute atomic E-state index is 0.0517. The standard InChI is InChI=1S/C22H31N5O2/c1-3-26(19-10-5-4-6-11-19)14-8-12-23-22(29)18-9-7-13-27(17-18)20-15-21(28)25(2)24-16-20/h4-6,10-11,15-16,18H,3,7-9,12-14,17H2,1-2H3,(H,23,29). The Kier molecular flexibility index (Phi) is 7.27. The number of benzene rings is 1. The third kappa shape index (κ3) is 5.59. The van der Waals surface area contributed by atoms with Gasteiger partial charge in [0, 0.05) is 51.5 Å². The number of anilines is 2. The fourth-order valence-corrected chi connectivity index (χ4v) is 3.79. The number of hydrogen-bond acceptors (Lipinski definition) is 5. The summed E-state index contributed by atoms with van der Waals surface area (Å²) in [5.74, 6) is 0.0541. The van der Waals surface area contributed by atoms with Crippen molar-refractivity contribution in [2.45, 2.75) is 26.2 Å². The van der Waals surface area contributed by atoms with Gasteiger partial charge in [0.05, 0.1) is 17.8 Å². The minimum atomic E-state index is -0.132. The first-order valence-electron chi connectivity index (χ1n) is 10.4. The van der Waals surface area contributed by atoms with Crippen LogP contribution in [-0.2, 0) is 11.8 Å². The van der Waals surface area contributed by atoms with Crippen molar-refractivity contribution in [2.75, 3.05) is 42.5 Å². The van der Waals surface area contributed by atoms with Crippen molar-refractivity contribution in [3.05, 3.63) is 52.9 Å². The molecule has 0 radical (unpaired) electrons. The lowest BCUT2D eigenvalue weighted by Crippen LogP contribution is -2.44. The number of hydrogen-bond donors (Lipinski definition) is 1. The second kappa shape index (κ2) is 10.1. The van der Waals surface area contributed by atoms with Crippen LogP contribution in [0.25, 0.3) is 0 Å². The number of aryl methyl sites for hydroxylation is 1. The zero-order chi connectivity index (χ0) is 20.6. The van der Waals surface area contributed by atoms with Crippen LogP contribution >= 0.6 is 0 Å². The summed E-state index contributed by atoms with van der Waals surface area (Å²) < 4.78 is 1.31. The first kappa shape index (κ1) is 20.9. The van der Waals surface area contributed by atoms with Gasteiger partial charge in [0.15, 0.2) is 0 Å². The predicted octanol–water partition coefficient (Wildman–Crippen LogP) is 2.03. The first-order valence-corrected chi connectivity index (χ1v) is 10.4. The molecular weight excluding hydrogens is 366 g/mol. The third-order valence-electron chi connectivity index (χ3n) is 5.52. The van der Waals surface area contributed by atoms with Gasteiger partial charge in [0.25, 0.3) is 5.56 Å². The highest BCUT2D eigenvalue weighted by Gasteiger charge is 2.26.